The quantitative estimate of drug-likeness (QED) is 0.418. The number of nitrogens with one attached hydrogen (secondary N) is 1. The van der Waals surface area contributed by atoms with Crippen molar-refractivity contribution >= 4 is 56.0 Å². The lowest BCUT2D eigenvalue weighted by molar-refractivity contribution is -0.113. The SMILES string of the molecule is CCc1ccc2nc(NC(=O)CSc3nnc(-c4ccc(Cl)cc4)o3)sc2c1. The summed E-state index contributed by atoms with van der Waals surface area (Å²) in [4.78, 5) is 16.7. The molecule has 2 heterocycles. The second-order valence-corrected chi connectivity index (χ2v) is 8.29. The summed E-state index contributed by atoms with van der Waals surface area (Å²) in [6, 6.07) is 13.2. The molecule has 142 valence electrons. The van der Waals surface area contributed by atoms with E-state index in [0.29, 0.717) is 21.3 Å². The highest BCUT2D eigenvalue weighted by molar-refractivity contribution is 7.99. The molecule has 0 saturated carbocycles. The minimum atomic E-state index is -0.175. The average molecular weight is 431 g/mol. The van der Waals surface area contributed by atoms with Gasteiger partial charge in [-0.2, -0.15) is 0 Å². The molecule has 0 aliphatic rings. The van der Waals surface area contributed by atoms with Crippen LogP contribution in [-0.2, 0) is 11.2 Å². The molecule has 0 fully saturated rings. The van der Waals surface area contributed by atoms with Crippen molar-refractivity contribution in [2.24, 2.45) is 0 Å². The number of thiazole rings is 1. The summed E-state index contributed by atoms with van der Waals surface area (Å²) >= 11 is 8.52. The largest absolute Gasteiger partial charge is 0.411 e. The van der Waals surface area contributed by atoms with Gasteiger partial charge in [0.15, 0.2) is 5.13 Å². The van der Waals surface area contributed by atoms with Crippen LogP contribution in [0.3, 0.4) is 0 Å². The van der Waals surface area contributed by atoms with E-state index in [1.165, 1.54) is 28.7 Å². The van der Waals surface area contributed by atoms with Gasteiger partial charge in [0.25, 0.3) is 5.22 Å². The number of hydrogen-bond donors (Lipinski definition) is 1. The van der Waals surface area contributed by atoms with Gasteiger partial charge in [0.1, 0.15) is 0 Å². The normalized spacial score (nSPS) is 11.1. The third-order valence-corrected chi connectivity index (χ3v) is 5.94. The van der Waals surface area contributed by atoms with Crippen LogP contribution in [0.25, 0.3) is 21.7 Å². The summed E-state index contributed by atoms with van der Waals surface area (Å²) in [5.41, 5.74) is 2.90. The number of aryl methyl sites for hydroxylation is 1. The zero-order chi connectivity index (χ0) is 19.5. The predicted molar refractivity (Wildman–Crippen MR) is 113 cm³/mol. The van der Waals surface area contributed by atoms with Crippen LogP contribution in [-0.4, -0.2) is 26.8 Å². The minimum Gasteiger partial charge on any atom is -0.411 e. The molecule has 0 saturated heterocycles. The van der Waals surface area contributed by atoms with Crippen molar-refractivity contribution in [3.63, 3.8) is 0 Å². The second kappa shape index (κ2) is 8.30. The van der Waals surface area contributed by atoms with Crippen molar-refractivity contribution in [2.45, 2.75) is 18.6 Å². The molecule has 0 radical (unpaired) electrons. The molecule has 1 amide bonds. The molecule has 28 heavy (non-hydrogen) atoms. The number of carbonyl (C=O) groups excluding carboxylic acids is 1. The Kier molecular flexibility index (Phi) is 5.61. The van der Waals surface area contributed by atoms with Gasteiger partial charge in [-0.1, -0.05) is 47.7 Å². The van der Waals surface area contributed by atoms with Gasteiger partial charge in [0.05, 0.1) is 16.0 Å². The Bertz CT molecular complexity index is 1120. The molecule has 2 aromatic heterocycles. The number of halogens is 1. The van der Waals surface area contributed by atoms with Crippen molar-refractivity contribution in [3.05, 3.63) is 53.1 Å². The number of aromatic nitrogens is 3. The van der Waals surface area contributed by atoms with E-state index in [9.17, 15) is 4.79 Å². The lowest BCUT2D eigenvalue weighted by Gasteiger charge is -1.98. The van der Waals surface area contributed by atoms with Crippen LogP contribution < -0.4 is 5.32 Å². The molecular weight excluding hydrogens is 416 g/mol. The number of rotatable bonds is 6. The van der Waals surface area contributed by atoms with Crippen molar-refractivity contribution < 1.29 is 9.21 Å². The molecule has 9 heteroatoms. The Labute approximate surface area is 174 Å². The Morgan fingerprint density at radius 1 is 1.21 bits per heavy atom. The number of nitrogens with zero attached hydrogens (tertiary/aromatic N) is 3. The molecule has 6 nitrogen and oxygen atoms in total. The number of thioether (sulfide) groups is 1. The van der Waals surface area contributed by atoms with E-state index >= 15 is 0 Å². The molecular formula is C19H15ClN4O2S2. The third-order valence-electron chi connectivity index (χ3n) is 3.93. The van der Waals surface area contributed by atoms with Crippen LogP contribution in [0.2, 0.25) is 5.02 Å². The summed E-state index contributed by atoms with van der Waals surface area (Å²) in [5, 5.41) is 12.3. The van der Waals surface area contributed by atoms with E-state index in [1.54, 1.807) is 24.3 Å². The fourth-order valence-electron chi connectivity index (χ4n) is 2.50. The maximum atomic E-state index is 12.2. The molecule has 0 unspecified atom stereocenters. The maximum Gasteiger partial charge on any atom is 0.277 e. The maximum absolute atomic E-state index is 12.2. The minimum absolute atomic E-state index is 0.151. The van der Waals surface area contributed by atoms with Gasteiger partial charge >= 0.3 is 0 Å². The van der Waals surface area contributed by atoms with Crippen LogP contribution >= 0.6 is 34.7 Å². The second-order valence-electron chi connectivity index (χ2n) is 5.89. The molecule has 0 aliphatic heterocycles. The van der Waals surface area contributed by atoms with E-state index in [-0.39, 0.29) is 11.7 Å². The summed E-state index contributed by atoms with van der Waals surface area (Å²) in [7, 11) is 0. The van der Waals surface area contributed by atoms with Gasteiger partial charge in [-0.25, -0.2) is 4.98 Å². The monoisotopic (exact) mass is 430 g/mol. The highest BCUT2D eigenvalue weighted by atomic mass is 35.5. The fraction of sp³-hybridized carbons (Fsp3) is 0.158. The van der Waals surface area contributed by atoms with E-state index in [2.05, 4.69) is 39.6 Å². The van der Waals surface area contributed by atoms with Gasteiger partial charge in [-0.15, -0.1) is 10.2 Å². The van der Waals surface area contributed by atoms with Crippen LogP contribution in [0.1, 0.15) is 12.5 Å². The fourth-order valence-corrected chi connectivity index (χ4v) is 4.14. The van der Waals surface area contributed by atoms with Crippen molar-refractivity contribution in [2.75, 3.05) is 11.1 Å². The number of hydrogen-bond acceptors (Lipinski definition) is 7. The zero-order valence-electron chi connectivity index (χ0n) is 14.8. The van der Waals surface area contributed by atoms with Crippen LogP contribution in [0.4, 0.5) is 5.13 Å². The third kappa shape index (κ3) is 4.35. The van der Waals surface area contributed by atoms with Gasteiger partial charge in [-0.05, 0) is 48.4 Å². The molecule has 4 aromatic rings. The molecule has 2 aromatic carbocycles. The molecule has 0 bridgehead atoms. The van der Waals surface area contributed by atoms with Gasteiger partial charge in [-0.3, -0.25) is 4.79 Å². The lowest BCUT2D eigenvalue weighted by Crippen LogP contribution is -2.13. The molecule has 1 N–H and O–H groups in total. The topological polar surface area (TPSA) is 80.9 Å². The van der Waals surface area contributed by atoms with Crippen LogP contribution in [0.5, 0.6) is 0 Å². The lowest BCUT2D eigenvalue weighted by atomic mass is 10.2. The number of amides is 1. The highest BCUT2D eigenvalue weighted by Crippen LogP contribution is 2.28. The first-order valence-electron chi connectivity index (χ1n) is 8.52. The van der Waals surface area contributed by atoms with E-state index in [1.807, 2.05) is 6.07 Å². The molecule has 0 atom stereocenters. The number of carbonyl (C=O) groups is 1. The number of anilines is 1. The van der Waals surface area contributed by atoms with Crippen LogP contribution in [0, 0.1) is 0 Å². The first-order valence-corrected chi connectivity index (χ1v) is 10.7. The van der Waals surface area contributed by atoms with E-state index in [4.69, 9.17) is 16.0 Å². The molecule has 0 aliphatic carbocycles. The summed E-state index contributed by atoms with van der Waals surface area (Å²) in [6.07, 6.45) is 0.967. The zero-order valence-corrected chi connectivity index (χ0v) is 17.2. The number of fused-ring (bicyclic) bond motifs is 1. The van der Waals surface area contributed by atoms with Crippen molar-refractivity contribution in [1.29, 1.82) is 0 Å². The van der Waals surface area contributed by atoms with E-state index < -0.39 is 0 Å². The smallest absolute Gasteiger partial charge is 0.277 e. The van der Waals surface area contributed by atoms with Gasteiger partial charge < -0.3 is 9.73 Å². The van der Waals surface area contributed by atoms with Crippen LogP contribution in [0.15, 0.2) is 52.1 Å². The summed E-state index contributed by atoms with van der Waals surface area (Å²) < 4.78 is 6.65. The number of benzene rings is 2. The molecule has 4 rings (SSSR count). The Balaban J connectivity index is 1.36. The highest BCUT2D eigenvalue weighted by Gasteiger charge is 2.13. The summed E-state index contributed by atoms with van der Waals surface area (Å²) in [6.45, 7) is 2.11. The molecule has 0 spiro atoms. The Hall–Kier alpha value is -2.42. The Morgan fingerprint density at radius 3 is 2.82 bits per heavy atom. The first kappa shape index (κ1) is 18.9. The Morgan fingerprint density at radius 2 is 2.04 bits per heavy atom. The average Bonchev–Trinajstić information content (AvgIpc) is 3.32. The predicted octanol–water partition coefficient (Wildman–Crippen LogP) is 5.29. The standard InChI is InChI=1S/C19H15ClN4O2S2/c1-2-11-3-8-14-15(9-11)28-18(21-14)22-16(25)10-27-19-24-23-17(26-19)12-4-6-13(20)7-5-12/h3-9H,2,10H2,1H3,(H,21,22,25). The van der Waals surface area contributed by atoms with Gasteiger partial charge in [0.2, 0.25) is 11.8 Å². The summed E-state index contributed by atoms with van der Waals surface area (Å²) in [5.74, 6) is 0.363. The van der Waals surface area contributed by atoms with Crippen molar-refractivity contribution in [1.82, 2.24) is 15.2 Å². The van der Waals surface area contributed by atoms with Crippen molar-refractivity contribution in [3.8, 4) is 11.5 Å². The van der Waals surface area contributed by atoms with E-state index in [0.717, 1.165) is 22.2 Å². The first-order chi connectivity index (χ1) is 13.6. The van der Waals surface area contributed by atoms with Gasteiger partial charge in [0, 0.05) is 10.6 Å².